The molecule has 22 heavy (non-hydrogen) atoms. The number of aryl methyl sites for hydroxylation is 2. The minimum absolute atomic E-state index is 0.0636. The highest BCUT2D eigenvalue weighted by atomic mass is 16.1. The van der Waals surface area contributed by atoms with E-state index >= 15 is 0 Å². The van der Waals surface area contributed by atoms with Gasteiger partial charge in [-0.3, -0.25) is 9.78 Å². The van der Waals surface area contributed by atoms with Crippen LogP contribution in [0.3, 0.4) is 0 Å². The molecule has 3 nitrogen and oxygen atoms in total. The van der Waals surface area contributed by atoms with Crippen molar-refractivity contribution < 1.29 is 4.79 Å². The Bertz CT molecular complexity index is 706. The van der Waals surface area contributed by atoms with E-state index in [2.05, 4.69) is 36.3 Å². The molecule has 0 bridgehead atoms. The molecule has 1 aromatic heterocycles. The Morgan fingerprint density at radius 2 is 2.09 bits per heavy atom. The molecule has 1 aliphatic rings. The van der Waals surface area contributed by atoms with E-state index < -0.39 is 0 Å². The van der Waals surface area contributed by atoms with Crippen molar-refractivity contribution in [2.75, 3.05) is 5.32 Å². The van der Waals surface area contributed by atoms with Crippen molar-refractivity contribution in [2.45, 2.75) is 45.4 Å². The van der Waals surface area contributed by atoms with Crippen molar-refractivity contribution in [1.82, 2.24) is 4.98 Å². The average Bonchev–Trinajstić information content (AvgIpc) is 2.93. The second kappa shape index (κ2) is 5.91. The molecular formula is C19H22N2O. The fraction of sp³-hybridized carbons (Fsp3) is 0.368. The Morgan fingerprint density at radius 3 is 2.86 bits per heavy atom. The topological polar surface area (TPSA) is 42.0 Å². The van der Waals surface area contributed by atoms with Crippen molar-refractivity contribution >= 4 is 11.6 Å². The first-order chi connectivity index (χ1) is 10.6. The van der Waals surface area contributed by atoms with Gasteiger partial charge in [0.25, 0.3) is 0 Å². The molecule has 114 valence electrons. The van der Waals surface area contributed by atoms with Crippen LogP contribution in [0.4, 0.5) is 5.69 Å². The third kappa shape index (κ3) is 2.63. The Balaban J connectivity index is 1.88. The molecule has 0 saturated heterocycles. The van der Waals surface area contributed by atoms with E-state index in [4.69, 9.17) is 0 Å². The van der Waals surface area contributed by atoms with Gasteiger partial charge in [-0.15, -0.1) is 0 Å². The number of hydrogen-bond acceptors (Lipinski definition) is 2. The lowest BCUT2D eigenvalue weighted by molar-refractivity contribution is -0.117. The number of aromatic nitrogens is 1. The Hall–Kier alpha value is -2.16. The van der Waals surface area contributed by atoms with Crippen LogP contribution in [0, 0.1) is 6.92 Å². The third-order valence-corrected chi connectivity index (χ3v) is 4.45. The molecule has 1 N–H and O–H groups in total. The Kier molecular flexibility index (Phi) is 3.97. The summed E-state index contributed by atoms with van der Waals surface area (Å²) in [6.45, 7) is 6.34. The lowest BCUT2D eigenvalue weighted by Gasteiger charge is -2.18. The van der Waals surface area contributed by atoms with Gasteiger partial charge in [0.2, 0.25) is 5.91 Å². The number of pyridine rings is 1. The summed E-state index contributed by atoms with van der Waals surface area (Å²) < 4.78 is 0. The second-order valence-corrected chi connectivity index (χ2v) is 6.32. The second-order valence-electron chi connectivity index (χ2n) is 6.32. The lowest BCUT2D eigenvalue weighted by Crippen LogP contribution is -2.21. The number of para-hydroxylation sites is 1. The zero-order valence-corrected chi connectivity index (χ0v) is 13.4. The number of carbonyl (C=O) groups is 1. The molecule has 0 aliphatic heterocycles. The predicted octanol–water partition coefficient (Wildman–Crippen LogP) is 4.18. The van der Waals surface area contributed by atoms with Crippen molar-refractivity contribution in [3.63, 3.8) is 0 Å². The van der Waals surface area contributed by atoms with E-state index in [1.165, 1.54) is 11.1 Å². The van der Waals surface area contributed by atoms with Gasteiger partial charge in [-0.05, 0) is 48.4 Å². The number of carbonyl (C=O) groups excluding carboxylic acids is 1. The fourth-order valence-electron chi connectivity index (χ4n) is 3.22. The number of benzene rings is 1. The average molecular weight is 294 g/mol. The summed E-state index contributed by atoms with van der Waals surface area (Å²) in [5.41, 5.74) is 5.41. The molecule has 1 aliphatic carbocycles. The normalized spacial score (nSPS) is 16.6. The summed E-state index contributed by atoms with van der Waals surface area (Å²) in [4.78, 5) is 17.2. The maximum atomic E-state index is 12.8. The molecule has 1 heterocycles. The monoisotopic (exact) mass is 294 g/mol. The molecular weight excluding hydrogens is 272 g/mol. The molecule has 2 aromatic rings. The zero-order chi connectivity index (χ0) is 15.7. The van der Waals surface area contributed by atoms with Crippen LogP contribution in [0.2, 0.25) is 0 Å². The van der Waals surface area contributed by atoms with Gasteiger partial charge in [0, 0.05) is 11.9 Å². The smallest absolute Gasteiger partial charge is 0.233 e. The molecule has 3 heteroatoms. The summed E-state index contributed by atoms with van der Waals surface area (Å²) in [5, 5.41) is 3.16. The summed E-state index contributed by atoms with van der Waals surface area (Å²) >= 11 is 0. The van der Waals surface area contributed by atoms with Gasteiger partial charge in [-0.1, -0.05) is 38.1 Å². The van der Waals surface area contributed by atoms with Crippen molar-refractivity contribution in [2.24, 2.45) is 0 Å². The number of hydrogen-bond donors (Lipinski definition) is 1. The van der Waals surface area contributed by atoms with Gasteiger partial charge in [-0.25, -0.2) is 0 Å². The first-order valence-corrected chi connectivity index (χ1v) is 7.92. The first-order valence-electron chi connectivity index (χ1n) is 7.92. The fourth-order valence-corrected chi connectivity index (χ4v) is 3.22. The lowest BCUT2D eigenvalue weighted by atomic mass is 9.97. The first kappa shape index (κ1) is 14.8. The van der Waals surface area contributed by atoms with Gasteiger partial charge in [0.05, 0.1) is 11.6 Å². The number of fused-ring (bicyclic) bond motifs is 1. The van der Waals surface area contributed by atoms with Crippen LogP contribution in [0.25, 0.3) is 0 Å². The SMILES string of the molecule is Cc1cccc(C(C)C)c1NC(=O)[C@H]1CCc2cccnc21. The maximum absolute atomic E-state index is 12.8. The molecule has 3 rings (SSSR count). The van der Waals surface area contributed by atoms with Gasteiger partial charge >= 0.3 is 0 Å². The minimum atomic E-state index is -0.129. The highest BCUT2D eigenvalue weighted by Crippen LogP contribution is 2.34. The van der Waals surface area contributed by atoms with Gasteiger partial charge in [-0.2, -0.15) is 0 Å². The largest absolute Gasteiger partial charge is 0.325 e. The molecule has 0 unspecified atom stereocenters. The summed E-state index contributed by atoms with van der Waals surface area (Å²) in [7, 11) is 0. The number of amides is 1. The van der Waals surface area contributed by atoms with Crippen molar-refractivity contribution in [1.29, 1.82) is 0 Å². The van der Waals surface area contributed by atoms with E-state index in [1.54, 1.807) is 6.20 Å². The number of nitrogens with one attached hydrogen (secondary N) is 1. The van der Waals surface area contributed by atoms with Crippen molar-refractivity contribution in [3.05, 3.63) is 58.9 Å². The van der Waals surface area contributed by atoms with Crippen LogP contribution in [-0.2, 0) is 11.2 Å². The summed E-state index contributed by atoms with van der Waals surface area (Å²) in [6.07, 6.45) is 3.56. The molecule has 1 atom stereocenters. The van der Waals surface area contributed by atoms with Crippen LogP contribution in [0.5, 0.6) is 0 Å². The Labute approximate surface area is 131 Å². The highest BCUT2D eigenvalue weighted by Gasteiger charge is 2.30. The molecule has 1 aromatic carbocycles. The van der Waals surface area contributed by atoms with Gasteiger partial charge in [0.1, 0.15) is 0 Å². The van der Waals surface area contributed by atoms with Crippen LogP contribution < -0.4 is 5.32 Å². The number of anilines is 1. The predicted molar refractivity (Wildman–Crippen MR) is 89.2 cm³/mol. The molecule has 0 spiro atoms. The van der Waals surface area contributed by atoms with E-state index in [1.807, 2.05) is 25.1 Å². The molecule has 0 saturated carbocycles. The standard InChI is InChI=1S/C19H22N2O/c1-12(2)15-8-4-6-13(3)17(15)21-19(22)16-10-9-14-7-5-11-20-18(14)16/h4-8,11-12,16H,9-10H2,1-3H3,(H,21,22)/t16-/m0/s1. The summed E-state index contributed by atoms with van der Waals surface area (Å²) in [6, 6.07) is 10.2. The van der Waals surface area contributed by atoms with E-state index in [0.29, 0.717) is 5.92 Å². The van der Waals surface area contributed by atoms with Crippen LogP contribution in [0.15, 0.2) is 36.5 Å². The highest BCUT2D eigenvalue weighted by molar-refractivity contribution is 5.97. The van der Waals surface area contributed by atoms with Crippen LogP contribution in [0.1, 0.15) is 54.5 Å². The minimum Gasteiger partial charge on any atom is -0.325 e. The Morgan fingerprint density at radius 1 is 1.27 bits per heavy atom. The molecule has 1 amide bonds. The van der Waals surface area contributed by atoms with Gasteiger partial charge < -0.3 is 5.32 Å². The van der Waals surface area contributed by atoms with Crippen LogP contribution in [-0.4, -0.2) is 10.9 Å². The zero-order valence-electron chi connectivity index (χ0n) is 13.4. The molecule has 0 radical (unpaired) electrons. The van der Waals surface area contributed by atoms with Gasteiger partial charge in [0.15, 0.2) is 0 Å². The van der Waals surface area contributed by atoms with E-state index in [0.717, 1.165) is 29.8 Å². The number of rotatable bonds is 3. The molecule has 0 fully saturated rings. The number of nitrogens with zero attached hydrogens (tertiary/aromatic N) is 1. The maximum Gasteiger partial charge on any atom is 0.233 e. The summed E-state index contributed by atoms with van der Waals surface area (Å²) in [5.74, 6) is 0.314. The van der Waals surface area contributed by atoms with E-state index in [-0.39, 0.29) is 11.8 Å². The quantitative estimate of drug-likeness (QED) is 0.922. The van der Waals surface area contributed by atoms with Crippen molar-refractivity contribution in [3.8, 4) is 0 Å². The van der Waals surface area contributed by atoms with Crippen LogP contribution >= 0.6 is 0 Å². The third-order valence-electron chi connectivity index (χ3n) is 4.45. The van der Waals surface area contributed by atoms with E-state index in [9.17, 15) is 4.79 Å².